The van der Waals surface area contributed by atoms with Gasteiger partial charge in [-0.2, -0.15) is 13.2 Å². The summed E-state index contributed by atoms with van der Waals surface area (Å²) in [5.74, 6) is -5.09. The molecule has 0 bridgehead atoms. The van der Waals surface area contributed by atoms with Crippen molar-refractivity contribution >= 4 is 18.0 Å². The van der Waals surface area contributed by atoms with Gasteiger partial charge in [-0.05, 0) is 41.0 Å². The molecule has 1 saturated carbocycles. The number of hydrogen-bond acceptors (Lipinski definition) is 4. The molecule has 0 aliphatic heterocycles. The van der Waals surface area contributed by atoms with E-state index in [0.29, 0.717) is 12.8 Å². The molecule has 0 heterocycles. The van der Waals surface area contributed by atoms with Crippen molar-refractivity contribution in [2.24, 2.45) is 11.8 Å². The van der Waals surface area contributed by atoms with Crippen LogP contribution in [0.1, 0.15) is 36.3 Å². The van der Waals surface area contributed by atoms with E-state index >= 15 is 0 Å². The summed E-state index contributed by atoms with van der Waals surface area (Å²) in [6.07, 6.45) is -5.38. The molecule has 1 fully saturated rings. The van der Waals surface area contributed by atoms with Crippen molar-refractivity contribution < 1.29 is 37.4 Å². The van der Waals surface area contributed by atoms with Crippen molar-refractivity contribution in [2.45, 2.75) is 37.4 Å². The Morgan fingerprint density at radius 3 is 2.11 bits per heavy atom. The number of carbonyl (C=O) groups is 3. The average Bonchev–Trinajstić information content (AvgIpc) is 3.09. The van der Waals surface area contributed by atoms with Crippen LogP contribution in [0.3, 0.4) is 0 Å². The molecule has 2 amide bonds. The molecule has 1 unspecified atom stereocenters. The molecule has 7 nitrogen and oxygen atoms in total. The number of ether oxygens (including phenoxy) is 1. The second-order valence-corrected chi connectivity index (χ2v) is 8.94. The fourth-order valence-corrected chi connectivity index (χ4v) is 4.76. The second-order valence-electron chi connectivity index (χ2n) is 8.94. The molecule has 4 rings (SSSR count). The van der Waals surface area contributed by atoms with Crippen LogP contribution < -0.4 is 10.6 Å². The van der Waals surface area contributed by atoms with Gasteiger partial charge >= 0.3 is 18.2 Å². The second kappa shape index (κ2) is 9.97. The molecule has 0 aromatic heterocycles. The van der Waals surface area contributed by atoms with Gasteiger partial charge in [-0.3, -0.25) is 9.59 Å². The highest BCUT2D eigenvalue weighted by Crippen LogP contribution is 2.44. The lowest BCUT2D eigenvalue weighted by Crippen LogP contribution is -2.52. The lowest BCUT2D eigenvalue weighted by molar-refractivity contribution is -0.182. The van der Waals surface area contributed by atoms with Gasteiger partial charge in [0.15, 0.2) is 5.92 Å². The predicted molar refractivity (Wildman–Crippen MR) is 120 cm³/mol. The molecule has 2 aliphatic carbocycles. The molecule has 2 aromatic rings. The number of alkyl halides is 3. The van der Waals surface area contributed by atoms with Crippen LogP contribution in [-0.4, -0.2) is 48.4 Å². The van der Waals surface area contributed by atoms with Gasteiger partial charge in [0.1, 0.15) is 6.61 Å². The summed E-state index contributed by atoms with van der Waals surface area (Å²) in [7, 11) is 0. The van der Waals surface area contributed by atoms with Crippen LogP contribution in [0.2, 0.25) is 0 Å². The molecular formula is C25H25F3N2O5. The monoisotopic (exact) mass is 490 g/mol. The Bertz CT molecular complexity index is 1070. The van der Waals surface area contributed by atoms with E-state index in [4.69, 9.17) is 9.84 Å². The van der Waals surface area contributed by atoms with Crippen LogP contribution in [0, 0.1) is 11.8 Å². The van der Waals surface area contributed by atoms with E-state index < -0.39 is 42.7 Å². The van der Waals surface area contributed by atoms with Crippen LogP contribution in [0.4, 0.5) is 18.0 Å². The van der Waals surface area contributed by atoms with Gasteiger partial charge < -0.3 is 20.5 Å². The largest absolute Gasteiger partial charge is 0.481 e. The van der Waals surface area contributed by atoms with Crippen molar-refractivity contribution in [1.82, 2.24) is 10.6 Å². The van der Waals surface area contributed by atoms with Crippen molar-refractivity contribution in [2.75, 3.05) is 13.2 Å². The Morgan fingerprint density at radius 1 is 1.00 bits per heavy atom. The first-order valence-corrected chi connectivity index (χ1v) is 11.3. The van der Waals surface area contributed by atoms with Crippen molar-refractivity contribution in [3.05, 3.63) is 59.7 Å². The molecule has 10 heteroatoms. The molecule has 2 aromatic carbocycles. The Balaban J connectivity index is 1.30. The fourth-order valence-electron chi connectivity index (χ4n) is 4.76. The Morgan fingerprint density at radius 2 is 1.57 bits per heavy atom. The van der Waals surface area contributed by atoms with Crippen molar-refractivity contribution in [3.63, 3.8) is 0 Å². The lowest BCUT2D eigenvalue weighted by atomic mass is 9.78. The normalized spacial score (nSPS) is 19.6. The number of carboxylic acids is 1. The summed E-state index contributed by atoms with van der Waals surface area (Å²) in [4.78, 5) is 35.2. The maximum Gasteiger partial charge on any atom is 0.407 e. The van der Waals surface area contributed by atoms with Gasteiger partial charge in [0, 0.05) is 24.9 Å². The number of amides is 2. The molecule has 0 radical (unpaired) electrons. The molecule has 2 aliphatic rings. The lowest BCUT2D eigenvalue weighted by Gasteiger charge is -2.36. The van der Waals surface area contributed by atoms with Crippen molar-refractivity contribution in [1.29, 1.82) is 0 Å². The summed E-state index contributed by atoms with van der Waals surface area (Å²) in [5.41, 5.74) is 3.98. The fraction of sp³-hybridized carbons (Fsp3) is 0.400. The van der Waals surface area contributed by atoms with E-state index in [9.17, 15) is 27.6 Å². The standard InChI is InChI=1S/C25H25F3N2O5/c26-25(27,28)21(23(33)30-15-9-14(10-15)11-22(31)32)12-29-24(34)35-13-20-18-7-3-1-5-16(18)17-6-2-4-8-19(17)20/h1-8,14-15,20-21H,9-13H2,(H,29,34)(H,30,33)(H,31,32). The molecule has 186 valence electrons. The number of carbonyl (C=O) groups excluding carboxylic acids is 2. The zero-order chi connectivity index (χ0) is 25.2. The van der Waals surface area contributed by atoms with Gasteiger partial charge in [-0.15, -0.1) is 0 Å². The van der Waals surface area contributed by atoms with E-state index in [-0.39, 0.29) is 24.9 Å². The highest BCUT2D eigenvalue weighted by atomic mass is 19.4. The first-order chi connectivity index (χ1) is 16.6. The Hall–Kier alpha value is -3.56. The number of hydrogen-bond donors (Lipinski definition) is 3. The van der Waals surface area contributed by atoms with Crippen LogP contribution in [-0.2, 0) is 14.3 Å². The van der Waals surface area contributed by atoms with Gasteiger partial charge in [-0.25, -0.2) is 4.79 Å². The molecule has 0 spiro atoms. The number of nitrogens with one attached hydrogen (secondary N) is 2. The number of rotatable bonds is 8. The van der Waals surface area contributed by atoms with Crippen LogP contribution in [0.25, 0.3) is 11.1 Å². The van der Waals surface area contributed by atoms with Crippen LogP contribution in [0.5, 0.6) is 0 Å². The van der Waals surface area contributed by atoms with Gasteiger partial charge in [0.2, 0.25) is 5.91 Å². The maximum absolute atomic E-state index is 13.5. The number of benzene rings is 2. The number of halogens is 3. The SMILES string of the molecule is O=C(O)CC1CC(NC(=O)C(CNC(=O)OCC2c3ccccc3-c3ccccc32)C(F)(F)F)C1. The number of carboxylic acid groups (broad SMARTS) is 1. The summed E-state index contributed by atoms with van der Waals surface area (Å²) in [6.45, 7) is -1.02. The first-order valence-electron chi connectivity index (χ1n) is 11.3. The van der Waals surface area contributed by atoms with Crippen LogP contribution in [0.15, 0.2) is 48.5 Å². The van der Waals surface area contributed by atoms with Gasteiger partial charge in [-0.1, -0.05) is 48.5 Å². The van der Waals surface area contributed by atoms with E-state index in [2.05, 4.69) is 10.6 Å². The van der Waals surface area contributed by atoms with Crippen molar-refractivity contribution in [3.8, 4) is 11.1 Å². The average molecular weight is 490 g/mol. The van der Waals surface area contributed by atoms with Gasteiger partial charge in [0.05, 0.1) is 0 Å². The molecule has 3 N–H and O–H groups in total. The zero-order valence-corrected chi connectivity index (χ0v) is 18.7. The third kappa shape index (κ3) is 5.58. The van der Waals surface area contributed by atoms with E-state index in [1.165, 1.54) is 0 Å². The summed E-state index contributed by atoms with van der Waals surface area (Å²) < 4.78 is 45.7. The number of alkyl carbamates (subject to hydrolysis) is 1. The van der Waals surface area contributed by atoms with Gasteiger partial charge in [0.25, 0.3) is 0 Å². The summed E-state index contributed by atoms with van der Waals surface area (Å²) in [6, 6.07) is 14.8. The molecule has 0 saturated heterocycles. The Labute approximate surface area is 199 Å². The molecule has 35 heavy (non-hydrogen) atoms. The van der Waals surface area contributed by atoms with Crippen LogP contribution >= 0.6 is 0 Å². The first kappa shape index (κ1) is 24.6. The van der Waals surface area contributed by atoms with E-state index in [1.54, 1.807) is 0 Å². The quantitative estimate of drug-likeness (QED) is 0.518. The topological polar surface area (TPSA) is 105 Å². The van der Waals surface area contributed by atoms with E-state index in [0.717, 1.165) is 22.3 Å². The van der Waals surface area contributed by atoms with E-state index in [1.807, 2.05) is 48.5 Å². The smallest absolute Gasteiger partial charge is 0.407 e. The molecule has 1 atom stereocenters. The zero-order valence-electron chi connectivity index (χ0n) is 18.7. The summed E-state index contributed by atoms with van der Waals surface area (Å²) in [5, 5.41) is 13.1. The molecular weight excluding hydrogens is 465 g/mol. The third-order valence-corrected chi connectivity index (χ3v) is 6.55. The predicted octanol–water partition coefficient (Wildman–Crippen LogP) is 4.07. The maximum atomic E-state index is 13.5. The highest BCUT2D eigenvalue weighted by Gasteiger charge is 2.46. The third-order valence-electron chi connectivity index (χ3n) is 6.55. The minimum atomic E-state index is -4.87. The minimum Gasteiger partial charge on any atom is -0.481 e. The Kier molecular flexibility index (Phi) is 7.00. The summed E-state index contributed by atoms with van der Waals surface area (Å²) >= 11 is 0. The minimum absolute atomic E-state index is 0.0597. The number of aliphatic carboxylic acids is 1. The number of fused-ring (bicyclic) bond motifs is 3. The highest BCUT2D eigenvalue weighted by molar-refractivity contribution is 5.81.